The lowest BCUT2D eigenvalue weighted by Gasteiger charge is -2.31. The fourth-order valence-corrected chi connectivity index (χ4v) is 4.58. The minimum atomic E-state index is -0.421. The van der Waals surface area contributed by atoms with Gasteiger partial charge in [0.2, 0.25) is 5.91 Å². The number of benzene rings is 2. The van der Waals surface area contributed by atoms with E-state index in [2.05, 4.69) is 10.9 Å². The number of nitrogens with zero attached hydrogens (tertiary/aromatic N) is 1. The van der Waals surface area contributed by atoms with Crippen LogP contribution in [-0.4, -0.2) is 41.2 Å². The van der Waals surface area contributed by atoms with Gasteiger partial charge >= 0.3 is 0 Å². The van der Waals surface area contributed by atoms with E-state index in [-0.39, 0.29) is 41.6 Å². The summed E-state index contributed by atoms with van der Waals surface area (Å²) in [6, 6.07) is 12.6. The SMILES string of the molecule is CC(C)OCCCN1C(=O)C2NNC(c3ccccc3O)C2C1c1ccc(F)cc1. The van der Waals surface area contributed by atoms with Gasteiger partial charge in [-0.05, 0) is 44.0 Å². The van der Waals surface area contributed by atoms with Gasteiger partial charge in [0.25, 0.3) is 0 Å². The van der Waals surface area contributed by atoms with Crippen molar-refractivity contribution in [1.29, 1.82) is 0 Å². The first kappa shape index (κ1) is 20.8. The molecule has 2 aliphatic rings. The zero-order valence-electron chi connectivity index (χ0n) is 17.2. The van der Waals surface area contributed by atoms with Crippen LogP contribution in [0.3, 0.4) is 0 Å². The Balaban J connectivity index is 1.65. The van der Waals surface area contributed by atoms with Crippen molar-refractivity contribution in [3.05, 3.63) is 65.5 Å². The number of para-hydroxylation sites is 1. The third-order valence-corrected chi connectivity index (χ3v) is 5.89. The van der Waals surface area contributed by atoms with Crippen molar-refractivity contribution in [2.45, 2.75) is 44.5 Å². The Bertz CT molecular complexity index is 890. The topological polar surface area (TPSA) is 73.8 Å². The number of ether oxygens (including phenoxy) is 1. The number of nitrogens with one attached hydrogen (secondary N) is 2. The molecule has 2 aromatic carbocycles. The van der Waals surface area contributed by atoms with Gasteiger partial charge in [-0.3, -0.25) is 4.79 Å². The minimum Gasteiger partial charge on any atom is -0.508 e. The van der Waals surface area contributed by atoms with E-state index in [0.29, 0.717) is 13.2 Å². The van der Waals surface area contributed by atoms with Gasteiger partial charge in [0.1, 0.15) is 17.6 Å². The molecule has 0 radical (unpaired) electrons. The zero-order chi connectivity index (χ0) is 21.3. The molecule has 7 heteroatoms. The second-order valence-corrected chi connectivity index (χ2v) is 8.18. The molecule has 0 aromatic heterocycles. The summed E-state index contributed by atoms with van der Waals surface area (Å²) in [6.07, 6.45) is 0.860. The lowest BCUT2D eigenvalue weighted by atomic mass is 9.83. The number of phenols is 1. The summed E-state index contributed by atoms with van der Waals surface area (Å²) in [7, 11) is 0. The van der Waals surface area contributed by atoms with Gasteiger partial charge < -0.3 is 14.7 Å². The van der Waals surface area contributed by atoms with Crippen molar-refractivity contribution in [3.8, 4) is 5.75 Å². The van der Waals surface area contributed by atoms with Gasteiger partial charge in [-0.25, -0.2) is 15.2 Å². The molecule has 4 atom stereocenters. The number of rotatable bonds is 7. The molecule has 3 N–H and O–H groups in total. The van der Waals surface area contributed by atoms with Crippen LogP contribution in [0.25, 0.3) is 0 Å². The first-order valence-electron chi connectivity index (χ1n) is 10.4. The van der Waals surface area contributed by atoms with Crippen LogP contribution < -0.4 is 10.9 Å². The quantitative estimate of drug-likeness (QED) is 0.609. The second-order valence-electron chi connectivity index (χ2n) is 8.18. The lowest BCUT2D eigenvalue weighted by Crippen LogP contribution is -2.41. The van der Waals surface area contributed by atoms with Crippen molar-refractivity contribution >= 4 is 5.91 Å². The number of hydrazine groups is 1. The molecule has 1 amide bonds. The van der Waals surface area contributed by atoms with Crippen molar-refractivity contribution < 1.29 is 19.0 Å². The fourth-order valence-electron chi connectivity index (χ4n) is 4.58. The molecule has 2 saturated heterocycles. The van der Waals surface area contributed by atoms with E-state index in [1.807, 2.05) is 30.9 Å². The zero-order valence-corrected chi connectivity index (χ0v) is 17.2. The smallest absolute Gasteiger partial charge is 0.242 e. The van der Waals surface area contributed by atoms with E-state index >= 15 is 0 Å². The van der Waals surface area contributed by atoms with Crippen molar-refractivity contribution in [1.82, 2.24) is 15.8 Å². The molecule has 2 heterocycles. The number of amides is 1. The number of carbonyl (C=O) groups is 1. The molecule has 0 aliphatic carbocycles. The molecule has 2 fully saturated rings. The number of likely N-dealkylation sites (tertiary alicyclic amines) is 1. The molecule has 2 aromatic rings. The Morgan fingerprint density at radius 2 is 1.80 bits per heavy atom. The highest BCUT2D eigenvalue weighted by Crippen LogP contribution is 2.48. The van der Waals surface area contributed by atoms with Crippen LogP contribution in [-0.2, 0) is 9.53 Å². The minimum absolute atomic E-state index is 0.00397. The number of phenolic OH excluding ortho intramolecular Hbond substituents is 1. The summed E-state index contributed by atoms with van der Waals surface area (Å²) in [5, 5.41) is 10.4. The molecule has 4 rings (SSSR count). The number of halogens is 1. The summed E-state index contributed by atoms with van der Waals surface area (Å²) in [5.74, 6) is -0.269. The molecular formula is C23H28FN3O3. The molecule has 4 unspecified atom stereocenters. The largest absolute Gasteiger partial charge is 0.508 e. The van der Waals surface area contributed by atoms with Crippen LogP contribution >= 0.6 is 0 Å². The highest BCUT2D eigenvalue weighted by molar-refractivity contribution is 5.86. The summed E-state index contributed by atoms with van der Waals surface area (Å²) in [6.45, 7) is 5.09. The molecule has 6 nitrogen and oxygen atoms in total. The predicted molar refractivity (Wildman–Crippen MR) is 111 cm³/mol. The van der Waals surface area contributed by atoms with Crippen molar-refractivity contribution in [3.63, 3.8) is 0 Å². The maximum atomic E-state index is 13.6. The Kier molecular flexibility index (Phi) is 6.04. The monoisotopic (exact) mass is 413 g/mol. The molecule has 160 valence electrons. The Morgan fingerprint density at radius 3 is 2.50 bits per heavy atom. The van der Waals surface area contributed by atoms with Gasteiger partial charge in [-0.1, -0.05) is 30.3 Å². The third kappa shape index (κ3) is 3.93. The second kappa shape index (κ2) is 8.71. The lowest BCUT2D eigenvalue weighted by molar-refractivity contribution is -0.131. The maximum absolute atomic E-state index is 13.6. The summed E-state index contributed by atoms with van der Waals surface area (Å²) in [5.41, 5.74) is 7.96. The highest BCUT2D eigenvalue weighted by Gasteiger charge is 2.55. The molecule has 0 saturated carbocycles. The number of fused-ring (bicyclic) bond motifs is 1. The Morgan fingerprint density at radius 1 is 1.10 bits per heavy atom. The number of aromatic hydroxyl groups is 1. The van der Waals surface area contributed by atoms with Crippen LogP contribution in [0.4, 0.5) is 4.39 Å². The molecule has 0 bridgehead atoms. The fraction of sp³-hybridized carbons (Fsp3) is 0.435. The first-order valence-corrected chi connectivity index (χ1v) is 10.4. The number of hydrogen-bond acceptors (Lipinski definition) is 5. The molecule has 0 spiro atoms. The van der Waals surface area contributed by atoms with E-state index in [0.717, 1.165) is 17.5 Å². The number of carbonyl (C=O) groups excluding carboxylic acids is 1. The van der Waals surface area contributed by atoms with Crippen LogP contribution in [0.2, 0.25) is 0 Å². The normalized spacial score (nSPS) is 25.9. The molecule has 2 aliphatic heterocycles. The first-order chi connectivity index (χ1) is 14.5. The van der Waals surface area contributed by atoms with Crippen molar-refractivity contribution in [2.75, 3.05) is 13.2 Å². The summed E-state index contributed by atoms with van der Waals surface area (Å²) < 4.78 is 19.2. The van der Waals surface area contributed by atoms with Crippen molar-refractivity contribution in [2.24, 2.45) is 5.92 Å². The predicted octanol–water partition coefficient (Wildman–Crippen LogP) is 3.06. The summed E-state index contributed by atoms with van der Waals surface area (Å²) >= 11 is 0. The van der Waals surface area contributed by atoms with E-state index in [9.17, 15) is 14.3 Å². The van der Waals surface area contributed by atoms with Gasteiger partial charge in [0.15, 0.2) is 0 Å². The third-order valence-electron chi connectivity index (χ3n) is 5.89. The van der Waals surface area contributed by atoms with Crippen LogP contribution in [0.5, 0.6) is 5.75 Å². The number of hydrogen-bond donors (Lipinski definition) is 3. The van der Waals surface area contributed by atoms with Crippen LogP contribution in [0.1, 0.15) is 43.5 Å². The Labute approximate surface area is 176 Å². The van der Waals surface area contributed by atoms with Gasteiger partial charge in [0, 0.05) is 24.6 Å². The average molecular weight is 413 g/mol. The van der Waals surface area contributed by atoms with Crippen LogP contribution in [0.15, 0.2) is 48.5 Å². The van der Waals surface area contributed by atoms with Gasteiger partial charge in [-0.15, -0.1) is 0 Å². The van der Waals surface area contributed by atoms with E-state index in [1.165, 1.54) is 12.1 Å². The van der Waals surface area contributed by atoms with E-state index in [1.54, 1.807) is 24.3 Å². The molecule has 30 heavy (non-hydrogen) atoms. The Hall–Kier alpha value is -2.48. The molecular weight excluding hydrogens is 385 g/mol. The maximum Gasteiger partial charge on any atom is 0.242 e. The average Bonchev–Trinajstić information content (AvgIpc) is 3.26. The highest BCUT2D eigenvalue weighted by atomic mass is 19.1. The van der Waals surface area contributed by atoms with E-state index < -0.39 is 6.04 Å². The van der Waals surface area contributed by atoms with E-state index in [4.69, 9.17) is 4.74 Å². The summed E-state index contributed by atoms with van der Waals surface area (Å²) in [4.78, 5) is 15.1. The van der Waals surface area contributed by atoms with Gasteiger partial charge in [-0.2, -0.15) is 0 Å². The van der Waals surface area contributed by atoms with Gasteiger partial charge in [0.05, 0.1) is 18.2 Å². The standard InChI is InChI=1S/C23H28FN3O3/c1-14(2)30-13-5-12-27-22(15-8-10-16(24)11-9-15)19-20(25-26-21(19)23(27)29)17-6-3-4-7-18(17)28/h3-4,6-11,14,19-22,25-26,28H,5,12-13H2,1-2H3. The van der Waals surface area contributed by atoms with Crippen LogP contribution in [0, 0.1) is 11.7 Å².